The van der Waals surface area contributed by atoms with Crippen LogP contribution in [-0.2, 0) is 0 Å². The Hall–Kier alpha value is -2.07. The summed E-state index contributed by atoms with van der Waals surface area (Å²) in [6, 6.07) is 8.54. The summed E-state index contributed by atoms with van der Waals surface area (Å²) in [6.45, 7) is 11.2. The van der Waals surface area contributed by atoms with Crippen molar-refractivity contribution in [3.8, 4) is 0 Å². The number of aliphatic imine (C=N–C) groups is 1. The fraction of sp³-hybridized carbons (Fsp3) is 0.522. The van der Waals surface area contributed by atoms with Gasteiger partial charge in [-0.25, -0.2) is 4.99 Å². The average molecular weight is 365 g/mol. The number of nitrogens with one attached hydrogen (secondary N) is 1. The maximum absolute atomic E-state index is 4.70. The van der Waals surface area contributed by atoms with Gasteiger partial charge >= 0.3 is 0 Å². The van der Waals surface area contributed by atoms with Gasteiger partial charge in [-0.1, -0.05) is 29.8 Å². The lowest BCUT2D eigenvalue weighted by Gasteiger charge is -2.36. The molecule has 1 atom stereocenters. The molecule has 3 aliphatic rings. The second-order valence-corrected chi connectivity index (χ2v) is 8.31. The molecule has 1 saturated heterocycles. The summed E-state index contributed by atoms with van der Waals surface area (Å²) in [7, 11) is 0. The molecule has 4 nitrogen and oxygen atoms in total. The van der Waals surface area contributed by atoms with Crippen LogP contribution < -0.4 is 5.32 Å². The zero-order valence-electron chi connectivity index (χ0n) is 16.7. The Morgan fingerprint density at radius 3 is 2.89 bits per heavy atom. The Kier molecular flexibility index (Phi) is 5.63. The van der Waals surface area contributed by atoms with Gasteiger partial charge in [-0.05, 0) is 57.2 Å². The predicted octanol–water partition coefficient (Wildman–Crippen LogP) is 3.55. The second-order valence-electron chi connectivity index (χ2n) is 8.31. The molecule has 1 N–H and O–H groups in total. The maximum atomic E-state index is 4.70. The summed E-state index contributed by atoms with van der Waals surface area (Å²) < 4.78 is 0. The van der Waals surface area contributed by atoms with Crippen LogP contribution in [-0.4, -0.2) is 54.9 Å². The standard InChI is InChI=1S/C23H32N4/c1-18-6-3-9-22(12-18)23-24-13-21(14-25-23)16-26-10-5-8-20(15-26)17-27-11-4-7-19(27)2/h3,6-7,9,12-13,20H,4-5,8,10-11,14-17H2,1-2H3,(H,24,25). The number of rotatable bonds is 5. The number of hydrogen-bond donors (Lipinski definition) is 1. The molecule has 27 heavy (non-hydrogen) atoms. The Morgan fingerprint density at radius 1 is 1.22 bits per heavy atom. The first-order valence-electron chi connectivity index (χ1n) is 10.4. The van der Waals surface area contributed by atoms with E-state index in [4.69, 9.17) is 4.99 Å². The summed E-state index contributed by atoms with van der Waals surface area (Å²) >= 11 is 0. The molecule has 1 aromatic rings. The number of hydrogen-bond acceptors (Lipinski definition) is 4. The van der Waals surface area contributed by atoms with Gasteiger partial charge in [0.25, 0.3) is 0 Å². The summed E-state index contributed by atoms with van der Waals surface area (Å²) in [5.74, 6) is 1.79. The Balaban J connectivity index is 1.33. The van der Waals surface area contributed by atoms with Crippen molar-refractivity contribution < 1.29 is 0 Å². The van der Waals surface area contributed by atoms with Crippen LogP contribution in [0.3, 0.4) is 0 Å². The number of likely N-dealkylation sites (tertiary alicyclic amines) is 1. The zero-order chi connectivity index (χ0) is 18.6. The molecule has 3 heterocycles. The van der Waals surface area contributed by atoms with Crippen molar-refractivity contribution in [2.24, 2.45) is 10.9 Å². The zero-order valence-corrected chi connectivity index (χ0v) is 16.7. The van der Waals surface area contributed by atoms with Gasteiger partial charge in [0.2, 0.25) is 0 Å². The highest BCUT2D eigenvalue weighted by atomic mass is 15.2. The molecule has 0 bridgehead atoms. The van der Waals surface area contributed by atoms with Crippen LogP contribution >= 0.6 is 0 Å². The molecule has 4 heteroatoms. The molecule has 3 aliphatic heterocycles. The second kappa shape index (κ2) is 8.30. The highest BCUT2D eigenvalue weighted by molar-refractivity contribution is 5.99. The SMILES string of the molecule is CC1=CCCN1CC1CCCN(CC2=CN=C(c3cccc(C)c3)NC2)C1. The molecule has 0 saturated carbocycles. The molecule has 0 aliphatic carbocycles. The highest BCUT2D eigenvalue weighted by Crippen LogP contribution is 2.23. The first-order chi connectivity index (χ1) is 13.2. The van der Waals surface area contributed by atoms with Gasteiger partial charge in [0.1, 0.15) is 5.84 Å². The molecule has 0 radical (unpaired) electrons. The first kappa shape index (κ1) is 18.3. The predicted molar refractivity (Wildman–Crippen MR) is 113 cm³/mol. The number of amidine groups is 1. The summed E-state index contributed by atoms with van der Waals surface area (Å²) in [5.41, 5.74) is 5.32. The van der Waals surface area contributed by atoms with E-state index < -0.39 is 0 Å². The molecule has 0 amide bonds. The van der Waals surface area contributed by atoms with Crippen molar-refractivity contribution in [2.75, 3.05) is 39.3 Å². The highest BCUT2D eigenvalue weighted by Gasteiger charge is 2.24. The van der Waals surface area contributed by atoms with E-state index in [0.717, 1.165) is 24.8 Å². The van der Waals surface area contributed by atoms with Crippen LogP contribution in [0.5, 0.6) is 0 Å². The third kappa shape index (κ3) is 4.62. The van der Waals surface area contributed by atoms with Crippen molar-refractivity contribution >= 4 is 5.84 Å². The minimum atomic E-state index is 0.795. The molecule has 0 spiro atoms. The fourth-order valence-corrected chi connectivity index (χ4v) is 4.52. The largest absolute Gasteiger partial charge is 0.375 e. The van der Waals surface area contributed by atoms with E-state index in [9.17, 15) is 0 Å². The maximum Gasteiger partial charge on any atom is 0.133 e. The van der Waals surface area contributed by atoms with Crippen molar-refractivity contribution in [2.45, 2.75) is 33.1 Å². The number of aryl methyl sites for hydroxylation is 1. The molecule has 4 rings (SSSR count). The van der Waals surface area contributed by atoms with Crippen LogP contribution in [0.4, 0.5) is 0 Å². The Bertz CT molecular complexity index is 761. The molecular weight excluding hydrogens is 332 g/mol. The van der Waals surface area contributed by atoms with Crippen LogP contribution in [0.15, 0.2) is 52.8 Å². The van der Waals surface area contributed by atoms with E-state index in [0.29, 0.717) is 0 Å². The third-order valence-corrected chi connectivity index (χ3v) is 6.00. The molecule has 144 valence electrons. The van der Waals surface area contributed by atoms with E-state index in [2.05, 4.69) is 65.5 Å². The lowest BCUT2D eigenvalue weighted by molar-refractivity contribution is 0.158. The summed E-state index contributed by atoms with van der Waals surface area (Å²) in [6.07, 6.45) is 8.38. The van der Waals surface area contributed by atoms with E-state index in [-0.39, 0.29) is 0 Å². The number of nitrogens with zero attached hydrogens (tertiary/aromatic N) is 3. The smallest absolute Gasteiger partial charge is 0.133 e. The molecule has 1 aromatic carbocycles. The summed E-state index contributed by atoms with van der Waals surface area (Å²) in [4.78, 5) is 9.91. The lowest BCUT2D eigenvalue weighted by atomic mass is 9.96. The fourth-order valence-electron chi connectivity index (χ4n) is 4.52. The van der Waals surface area contributed by atoms with Gasteiger partial charge < -0.3 is 10.2 Å². The summed E-state index contributed by atoms with van der Waals surface area (Å²) in [5, 5.41) is 3.52. The minimum Gasteiger partial charge on any atom is -0.375 e. The first-order valence-corrected chi connectivity index (χ1v) is 10.4. The monoisotopic (exact) mass is 364 g/mol. The molecule has 0 aromatic heterocycles. The van der Waals surface area contributed by atoms with Gasteiger partial charge in [-0.3, -0.25) is 4.90 Å². The van der Waals surface area contributed by atoms with Gasteiger partial charge in [0.15, 0.2) is 0 Å². The quantitative estimate of drug-likeness (QED) is 0.867. The number of piperidine rings is 1. The third-order valence-electron chi connectivity index (χ3n) is 6.00. The Morgan fingerprint density at radius 2 is 2.15 bits per heavy atom. The number of benzene rings is 1. The van der Waals surface area contributed by atoms with Crippen molar-refractivity contribution in [3.63, 3.8) is 0 Å². The van der Waals surface area contributed by atoms with E-state index in [1.807, 2.05) is 0 Å². The van der Waals surface area contributed by atoms with Crippen LogP contribution in [0, 0.1) is 12.8 Å². The van der Waals surface area contributed by atoms with Gasteiger partial charge in [-0.2, -0.15) is 0 Å². The van der Waals surface area contributed by atoms with E-state index >= 15 is 0 Å². The Labute approximate surface area is 163 Å². The lowest BCUT2D eigenvalue weighted by Crippen LogP contribution is -2.42. The van der Waals surface area contributed by atoms with Gasteiger partial charge in [0.05, 0.1) is 0 Å². The molecule has 1 unspecified atom stereocenters. The van der Waals surface area contributed by atoms with Crippen LogP contribution in [0.2, 0.25) is 0 Å². The van der Waals surface area contributed by atoms with E-state index in [1.165, 1.54) is 67.8 Å². The van der Waals surface area contributed by atoms with Crippen molar-refractivity contribution in [3.05, 3.63) is 58.9 Å². The van der Waals surface area contributed by atoms with Gasteiger partial charge in [-0.15, -0.1) is 0 Å². The van der Waals surface area contributed by atoms with E-state index in [1.54, 1.807) is 0 Å². The minimum absolute atomic E-state index is 0.795. The van der Waals surface area contributed by atoms with Crippen LogP contribution in [0.25, 0.3) is 0 Å². The normalized spacial score (nSPS) is 23.6. The molecule has 1 fully saturated rings. The molecular formula is C23H32N4. The van der Waals surface area contributed by atoms with Crippen molar-refractivity contribution in [1.82, 2.24) is 15.1 Å². The van der Waals surface area contributed by atoms with Gasteiger partial charge in [0, 0.05) is 50.2 Å². The van der Waals surface area contributed by atoms with Crippen molar-refractivity contribution in [1.29, 1.82) is 0 Å². The van der Waals surface area contributed by atoms with Crippen LogP contribution in [0.1, 0.15) is 37.3 Å². The topological polar surface area (TPSA) is 30.9 Å². The average Bonchev–Trinajstić information content (AvgIpc) is 3.07. The number of allylic oxidation sites excluding steroid dienone is 1.